The van der Waals surface area contributed by atoms with Crippen molar-refractivity contribution in [3.8, 4) is 0 Å². The summed E-state index contributed by atoms with van der Waals surface area (Å²) in [6, 6.07) is 5.42. The monoisotopic (exact) mass is 214 g/mol. The van der Waals surface area contributed by atoms with Crippen LogP contribution in [0.2, 0.25) is 0 Å². The van der Waals surface area contributed by atoms with E-state index in [1.807, 2.05) is 0 Å². The maximum absolute atomic E-state index is 12.5. The topological polar surface area (TPSA) is 34.1 Å². The molecule has 0 bridgehead atoms. The van der Waals surface area contributed by atoms with Gasteiger partial charge in [0.2, 0.25) is 11.6 Å². The molecule has 0 saturated heterocycles. The number of hydrogen-bond acceptors (Lipinski definition) is 2. The molecule has 0 saturated carbocycles. The minimum atomic E-state index is -0.615. The van der Waals surface area contributed by atoms with Gasteiger partial charge < -0.3 is 0 Å². The average molecular weight is 215 g/mol. The summed E-state index contributed by atoms with van der Waals surface area (Å²) in [5.74, 6) is -1.84. The molecular formula is C10H8ClFO2. The summed E-state index contributed by atoms with van der Waals surface area (Å²) in [4.78, 5) is 21.9. The molecule has 0 N–H and O–H groups in total. The van der Waals surface area contributed by atoms with E-state index < -0.39 is 11.6 Å². The molecule has 0 aromatic heterocycles. The fourth-order valence-electron chi connectivity index (χ4n) is 0.961. The quantitative estimate of drug-likeness (QED) is 0.565. The van der Waals surface area contributed by atoms with E-state index in [-0.39, 0.29) is 18.1 Å². The van der Waals surface area contributed by atoms with Crippen LogP contribution >= 0.6 is 11.6 Å². The Labute approximate surface area is 85.7 Å². The predicted octanol–water partition coefficient (Wildman–Crippen LogP) is 1.75. The summed E-state index contributed by atoms with van der Waals surface area (Å²) < 4.78 is 12.5. The summed E-state index contributed by atoms with van der Waals surface area (Å²) in [5.41, 5.74) is 0.606. The highest BCUT2D eigenvalue weighted by Crippen LogP contribution is 2.04. The van der Waals surface area contributed by atoms with E-state index in [0.29, 0.717) is 5.56 Å². The molecule has 0 spiro atoms. The van der Waals surface area contributed by atoms with E-state index in [1.165, 1.54) is 24.3 Å². The second kappa shape index (κ2) is 4.86. The zero-order valence-electron chi connectivity index (χ0n) is 7.30. The molecule has 14 heavy (non-hydrogen) atoms. The Morgan fingerprint density at radius 2 is 1.71 bits per heavy atom. The van der Waals surface area contributed by atoms with Gasteiger partial charge in [0.15, 0.2) is 0 Å². The van der Waals surface area contributed by atoms with Crippen molar-refractivity contribution in [2.45, 2.75) is 6.42 Å². The van der Waals surface area contributed by atoms with Crippen molar-refractivity contribution in [2.75, 3.05) is 5.88 Å². The van der Waals surface area contributed by atoms with Crippen LogP contribution in [0.5, 0.6) is 0 Å². The van der Waals surface area contributed by atoms with Crippen molar-refractivity contribution in [2.24, 2.45) is 0 Å². The van der Waals surface area contributed by atoms with Crippen LogP contribution in [-0.2, 0) is 16.0 Å². The second-order valence-corrected chi connectivity index (χ2v) is 3.05. The largest absolute Gasteiger partial charge is 0.290 e. The lowest BCUT2D eigenvalue weighted by Gasteiger charge is -1.98. The molecule has 1 aromatic carbocycles. The van der Waals surface area contributed by atoms with Crippen LogP contribution in [0.25, 0.3) is 0 Å². The molecule has 74 valence electrons. The van der Waals surface area contributed by atoms with Gasteiger partial charge in [-0.1, -0.05) is 12.1 Å². The van der Waals surface area contributed by atoms with E-state index in [4.69, 9.17) is 11.6 Å². The zero-order valence-corrected chi connectivity index (χ0v) is 8.05. The van der Waals surface area contributed by atoms with Crippen molar-refractivity contribution in [1.82, 2.24) is 0 Å². The van der Waals surface area contributed by atoms with Crippen molar-refractivity contribution < 1.29 is 14.0 Å². The summed E-state index contributed by atoms with van der Waals surface area (Å²) in [7, 11) is 0. The first-order chi connectivity index (χ1) is 6.63. The van der Waals surface area contributed by atoms with Crippen LogP contribution in [0, 0.1) is 5.82 Å². The molecular weight excluding hydrogens is 207 g/mol. The third-order valence-electron chi connectivity index (χ3n) is 1.71. The average Bonchev–Trinajstić information content (AvgIpc) is 2.20. The van der Waals surface area contributed by atoms with Gasteiger partial charge in [-0.05, 0) is 17.7 Å². The van der Waals surface area contributed by atoms with Crippen molar-refractivity contribution >= 4 is 23.2 Å². The van der Waals surface area contributed by atoms with E-state index in [0.717, 1.165) is 0 Å². The number of hydrogen-bond donors (Lipinski definition) is 0. The molecule has 0 aliphatic rings. The molecule has 1 rings (SSSR count). The highest BCUT2D eigenvalue weighted by atomic mass is 35.5. The molecule has 0 radical (unpaired) electrons. The van der Waals surface area contributed by atoms with Crippen LogP contribution < -0.4 is 0 Å². The van der Waals surface area contributed by atoms with Gasteiger partial charge in [0.05, 0.1) is 5.88 Å². The van der Waals surface area contributed by atoms with Crippen molar-refractivity contribution in [1.29, 1.82) is 0 Å². The van der Waals surface area contributed by atoms with Gasteiger partial charge in [-0.25, -0.2) is 4.39 Å². The van der Waals surface area contributed by atoms with Crippen molar-refractivity contribution in [3.05, 3.63) is 35.6 Å². The van der Waals surface area contributed by atoms with E-state index in [9.17, 15) is 14.0 Å². The molecule has 0 fully saturated rings. The van der Waals surface area contributed by atoms with Gasteiger partial charge >= 0.3 is 0 Å². The van der Waals surface area contributed by atoms with Gasteiger partial charge in [0.25, 0.3) is 0 Å². The first-order valence-electron chi connectivity index (χ1n) is 4.00. The molecule has 0 amide bonds. The summed E-state index contributed by atoms with van der Waals surface area (Å²) in [5, 5.41) is 0. The van der Waals surface area contributed by atoms with Crippen LogP contribution in [0.4, 0.5) is 4.39 Å². The lowest BCUT2D eigenvalue weighted by molar-refractivity contribution is -0.134. The smallest absolute Gasteiger partial charge is 0.213 e. The third kappa shape index (κ3) is 2.92. The van der Waals surface area contributed by atoms with Crippen LogP contribution in [0.15, 0.2) is 24.3 Å². The first-order valence-corrected chi connectivity index (χ1v) is 4.53. The van der Waals surface area contributed by atoms with E-state index >= 15 is 0 Å². The molecule has 1 aromatic rings. The Balaban J connectivity index is 2.65. The van der Waals surface area contributed by atoms with Crippen LogP contribution in [-0.4, -0.2) is 17.4 Å². The fraction of sp³-hybridized carbons (Fsp3) is 0.200. The first kappa shape index (κ1) is 10.9. The van der Waals surface area contributed by atoms with Gasteiger partial charge in [-0.15, -0.1) is 11.6 Å². The molecule has 4 heteroatoms. The van der Waals surface area contributed by atoms with Crippen LogP contribution in [0.1, 0.15) is 5.56 Å². The maximum atomic E-state index is 12.5. The third-order valence-corrected chi connectivity index (χ3v) is 1.95. The number of halogens is 2. The Morgan fingerprint density at radius 3 is 2.21 bits per heavy atom. The van der Waals surface area contributed by atoms with Gasteiger partial charge in [0, 0.05) is 6.42 Å². The minimum Gasteiger partial charge on any atom is -0.290 e. The summed E-state index contributed by atoms with van der Waals surface area (Å²) in [6.07, 6.45) is -0.0220. The molecule has 0 heterocycles. The number of ketones is 2. The van der Waals surface area contributed by atoms with Crippen LogP contribution in [0.3, 0.4) is 0 Å². The highest BCUT2D eigenvalue weighted by Gasteiger charge is 2.12. The molecule has 0 aliphatic heterocycles. The number of benzene rings is 1. The Hall–Kier alpha value is -1.22. The minimum absolute atomic E-state index is 0.0220. The Kier molecular flexibility index (Phi) is 3.77. The Bertz CT molecular complexity index is 346. The van der Waals surface area contributed by atoms with Gasteiger partial charge in [0.1, 0.15) is 5.82 Å². The molecule has 0 unspecified atom stereocenters. The van der Waals surface area contributed by atoms with Crippen molar-refractivity contribution in [3.63, 3.8) is 0 Å². The molecule has 0 atom stereocenters. The second-order valence-electron chi connectivity index (χ2n) is 2.78. The molecule has 0 aliphatic carbocycles. The number of rotatable bonds is 4. The number of carbonyl (C=O) groups excluding carboxylic acids is 2. The summed E-state index contributed by atoms with van der Waals surface area (Å²) in [6.45, 7) is 0. The zero-order chi connectivity index (χ0) is 10.6. The number of carbonyl (C=O) groups is 2. The lowest BCUT2D eigenvalue weighted by atomic mass is 10.1. The SMILES string of the molecule is O=C(CCl)C(=O)Cc1ccc(F)cc1. The normalized spacial score (nSPS) is 9.86. The maximum Gasteiger partial charge on any atom is 0.213 e. The predicted molar refractivity (Wildman–Crippen MR) is 50.8 cm³/mol. The van der Waals surface area contributed by atoms with E-state index in [2.05, 4.69) is 0 Å². The number of Topliss-reactive ketones (excluding diaryl/α,β-unsaturated/α-hetero) is 2. The molecule has 2 nitrogen and oxygen atoms in total. The number of alkyl halides is 1. The highest BCUT2D eigenvalue weighted by molar-refractivity contribution is 6.47. The standard InChI is InChI=1S/C10H8ClFO2/c11-6-10(14)9(13)5-7-1-3-8(12)4-2-7/h1-4H,5-6H2. The fourth-order valence-corrected chi connectivity index (χ4v) is 1.11. The lowest BCUT2D eigenvalue weighted by Crippen LogP contribution is -2.17. The summed E-state index contributed by atoms with van der Waals surface area (Å²) >= 11 is 5.21. The van der Waals surface area contributed by atoms with Gasteiger partial charge in [-0.3, -0.25) is 9.59 Å². The van der Waals surface area contributed by atoms with Gasteiger partial charge in [-0.2, -0.15) is 0 Å². The van der Waals surface area contributed by atoms with E-state index in [1.54, 1.807) is 0 Å². The Morgan fingerprint density at radius 1 is 1.14 bits per heavy atom.